The third-order valence-corrected chi connectivity index (χ3v) is 3.51. The highest BCUT2D eigenvalue weighted by atomic mass is 79.9. The van der Waals surface area contributed by atoms with Crippen LogP contribution in [0, 0.1) is 5.82 Å². The molecule has 6 heteroatoms. The van der Waals surface area contributed by atoms with E-state index < -0.39 is 0 Å². The van der Waals surface area contributed by atoms with Gasteiger partial charge in [-0.25, -0.2) is 4.39 Å². The molecule has 2 aromatic rings. The highest BCUT2D eigenvalue weighted by Crippen LogP contribution is 2.18. The molecule has 0 saturated heterocycles. The Morgan fingerprint density at radius 1 is 1.50 bits per heavy atom. The van der Waals surface area contributed by atoms with Crippen molar-refractivity contribution >= 4 is 15.9 Å². The molecule has 0 aliphatic rings. The Morgan fingerprint density at radius 2 is 2.28 bits per heavy atom. The van der Waals surface area contributed by atoms with Crippen LogP contribution in [0.1, 0.15) is 24.4 Å². The third kappa shape index (κ3) is 2.94. The molecule has 1 unspecified atom stereocenters. The first-order valence-electron chi connectivity index (χ1n) is 5.59. The van der Waals surface area contributed by atoms with Gasteiger partial charge in [-0.2, -0.15) is 0 Å². The van der Waals surface area contributed by atoms with Crippen LogP contribution < -0.4 is 5.32 Å². The van der Waals surface area contributed by atoms with E-state index >= 15 is 0 Å². The van der Waals surface area contributed by atoms with Crippen LogP contribution in [0.2, 0.25) is 0 Å². The quantitative estimate of drug-likeness (QED) is 0.943. The second-order valence-corrected chi connectivity index (χ2v) is 4.99. The minimum atomic E-state index is -0.235. The molecule has 0 amide bonds. The standard InChI is InChI=1S/C12H14BrFN4/c1-8(12-17-16-7-18(12)2)15-6-9-5-10(14)3-4-11(9)13/h3-5,7-8,15H,6H2,1-2H3. The zero-order valence-electron chi connectivity index (χ0n) is 10.2. The first-order valence-corrected chi connectivity index (χ1v) is 6.38. The van der Waals surface area contributed by atoms with Crippen LogP contribution in [0.15, 0.2) is 29.0 Å². The van der Waals surface area contributed by atoms with E-state index in [-0.39, 0.29) is 11.9 Å². The molecule has 2 rings (SSSR count). The lowest BCUT2D eigenvalue weighted by Gasteiger charge is -2.13. The van der Waals surface area contributed by atoms with Crippen LogP contribution in [0.3, 0.4) is 0 Å². The highest BCUT2D eigenvalue weighted by Gasteiger charge is 2.11. The van der Waals surface area contributed by atoms with Crippen molar-refractivity contribution in [1.82, 2.24) is 20.1 Å². The van der Waals surface area contributed by atoms with E-state index in [1.54, 1.807) is 12.4 Å². The van der Waals surface area contributed by atoms with Gasteiger partial charge in [-0.3, -0.25) is 0 Å². The fourth-order valence-electron chi connectivity index (χ4n) is 1.72. The number of halogens is 2. The van der Waals surface area contributed by atoms with Crippen molar-refractivity contribution in [3.8, 4) is 0 Å². The summed E-state index contributed by atoms with van der Waals surface area (Å²) >= 11 is 3.40. The number of hydrogen-bond donors (Lipinski definition) is 1. The monoisotopic (exact) mass is 312 g/mol. The third-order valence-electron chi connectivity index (χ3n) is 2.74. The van der Waals surface area contributed by atoms with Crippen LogP contribution in [-0.4, -0.2) is 14.8 Å². The molecule has 1 atom stereocenters. The predicted molar refractivity (Wildman–Crippen MR) is 70.4 cm³/mol. The molecule has 0 fully saturated rings. The molecule has 1 heterocycles. The van der Waals surface area contributed by atoms with Crippen LogP contribution in [-0.2, 0) is 13.6 Å². The van der Waals surface area contributed by atoms with Crippen LogP contribution in [0.25, 0.3) is 0 Å². The minimum absolute atomic E-state index is 0.0488. The molecule has 1 N–H and O–H groups in total. The smallest absolute Gasteiger partial charge is 0.149 e. The number of benzene rings is 1. The zero-order chi connectivity index (χ0) is 13.1. The minimum Gasteiger partial charge on any atom is -0.319 e. The molecule has 1 aromatic carbocycles. The molecular weight excluding hydrogens is 299 g/mol. The van der Waals surface area contributed by atoms with Crippen LogP contribution >= 0.6 is 15.9 Å². The van der Waals surface area contributed by atoms with Gasteiger partial charge in [0.1, 0.15) is 18.0 Å². The van der Waals surface area contributed by atoms with E-state index in [9.17, 15) is 4.39 Å². The molecule has 0 aliphatic heterocycles. The van der Waals surface area contributed by atoms with Crippen LogP contribution in [0.5, 0.6) is 0 Å². The Kier molecular flexibility index (Phi) is 4.08. The lowest BCUT2D eigenvalue weighted by molar-refractivity contribution is 0.525. The number of aryl methyl sites for hydroxylation is 1. The van der Waals surface area contributed by atoms with Crippen LogP contribution in [0.4, 0.5) is 4.39 Å². The Labute approximate surface area is 113 Å². The van der Waals surface area contributed by atoms with E-state index in [1.165, 1.54) is 12.1 Å². The summed E-state index contributed by atoms with van der Waals surface area (Å²) in [5, 5.41) is 11.2. The summed E-state index contributed by atoms with van der Waals surface area (Å²) in [6.07, 6.45) is 1.66. The van der Waals surface area contributed by atoms with Gasteiger partial charge in [-0.15, -0.1) is 10.2 Å². The summed E-state index contributed by atoms with van der Waals surface area (Å²) in [4.78, 5) is 0. The molecule has 0 saturated carbocycles. The summed E-state index contributed by atoms with van der Waals surface area (Å²) in [5.74, 6) is 0.615. The number of nitrogens with one attached hydrogen (secondary N) is 1. The molecule has 4 nitrogen and oxygen atoms in total. The maximum atomic E-state index is 13.1. The van der Waals surface area contributed by atoms with Crippen molar-refractivity contribution in [3.63, 3.8) is 0 Å². The highest BCUT2D eigenvalue weighted by molar-refractivity contribution is 9.10. The molecule has 0 radical (unpaired) electrons. The Hall–Kier alpha value is -1.27. The molecule has 0 bridgehead atoms. The van der Waals surface area contributed by atoms with Gasteiger partial charge in [0, 0.05) is 18.1 Å². The average molecular weight is 313 g/mol. The van der Waals surface area contributed by atoms with Gasteiger partial charge in [0.15, 0.2) is 0 Å². The molecule has 0 spiro atoms. The fraction of sp³-hybridized carbons (Fsp3) is 0.333. The van der Waals surface area contributed by atoms with Crippen molar-refractivity contribution in [2.45, 2.75) is 19.5 Å². The first-order chi connectivity index (χ1) is 8.58. The zero-order valence-corrected chi connectivity index (χ0v) is 11.8. The van der Waals surface area contributed by atoms with Gasteiger partial charge in [0.25, 0.3) is 0 Å². The Morgan fingerprint density at radius 3 is 2.94 bits per heavy atom. The molecule has 18 heavy (non-hydrogen) atoms. The lowest BCUT2D eigenvalue weighted by atomic mass is 10.2. The van der Waals surface area contributed by atoms with Crippen molar-refractivity contribution in [1.29, 1.82) is 0 Å². The second-order valence-electron chi connectivity index (χ2n) is 4.14. The number of rotatable bonds is 4. The number of aromatic nitrogens is 3. The van der Waals surface area contributed by atoms with Crippen molar-refractivity contribution in [2.75, 3.05) is 0 Å². The first kappa shape index (κ1) is 13.2. The summed E-state index contributed by atoms with van der Waals surface area (Å²) in [7, 11) is 1.89. The van der Waals surface area contributed by atoms with E-state index in [1.807, 2.05) is 18.5 Å². The second kappa shape index (κ2) is 5.58. The Balaban J connectivity index is 2.03. The molecule has 96 valence electrons. The van der Waals surface area contributed by atoms with Gasteiger partial charge < -0.3 is 9.88 Å². The van der Waals surface area contributed by atoms with Gasteiger partial charge >= 0.3 is 0 Å². The summed E-state index contributed by atoms with van der Waals surface area (Å²) < 4.78 is 15.9. The van der Waals surface area contributed by atoms with E-state index in [2.05, 4.69) is 31.4 Å². The summed E-state index contributed by atoms with van der Waals surface area (Å²) in [6, 6.07) is 4.70. The van der Waals surface area contributed by atoms with Crippen molar-refractivity contribution in [2.24, 2.45) is 7.05 Å². The van der Waals surface area contributed by atoms with Crippen molar-refractivity contribution in [3.05, 3.63) is 46.2 Å². The topological polar surface area (TPSA) is 42.7 Å². The number of nitrogens with zero attached hydrogens (tertiary/aromatic N) is 3. The maximum Gasteiger partial charge on any atom is 0.149 e. The molecular formula is C12H14BrFN4. The van der Waals surface area contributed by atoms with E-state index in [0.29, 0.717) is 6.54 Å². The van der Waals surface area contributed by atoms with Gasteiger partial charge in [0.2, 0.25) is 0 Å². The lowest BCUT2D eigenvalue weighted by Crippen LogP contribution is -2.21. The summed E-state index contributed by atoms with van der Waals surface area (Å²) in [5.41, 5.74) is 0.879. The maximum absolute atomic E-state index is 13.1. The molecule has 1 aromatic heterocycles. The SMILES string of the molecule is CC(NCc1cc(F)ccc1Br)c1nncn1C. The van der Waals surface area contributed by atoms with E-state index in [0.717, 1.165) is 15.9 Å². The Bertz CT molecular complexity index is 541. The summed E-state index contributed by atoms with van der Waals surface area (Å²) in [6.45, 7) is 2.56. The number of hydrogen-bond acceptors (Lipinski definition) is 3. The van der Waals surface area contributed by atoms with Gasteiger partial charge in [-0.05, 0) is 30.7 Å². The normalized spacial score (nSPS) is 12.7. The van der Waals surface area contributed by atoms with Gasteiger partial charge in [0.05, 0.1) is 6.04 Å². The largest absolute Gasteiger partial charge is 0.319 e. The van der Waals surface area contributed by atoms with Crippen molar-refractivity contribution < 1.29 is 4.39 Å². The molecule has 0 aliphatic carbocycles. The van der Waals surface area contributed by atoms with E-state index in [4.69, 9.17) is 0 Å². The van der Waals surface area contributed by atoms with Gasteiger partial charge in [-0.1, -0.05) is 15.9 Å². The average Bonchev–Trinajstić information content (AvgIpc) is 2.76. The fourth-order valence-corrected chi connectivity index (χ4v) is 2.10. The predicted octanol–water partition coefficient (Wildman–Crippen LogP) is 2.57.